The zero-order valence-electron chi connectivity index (χ0n) is 14.7. The minimum atomic E-state index is -0.288. The van der Waals surface area contributed by atoms with Crippen molar-refractivity contribution in [1.82, 2.24) is 9.78 Å². The van der Waals surface area contributed by atoms with Crippen LogP contribution in [0.5, 0.6) is 11.5 Å². The van der Waals surface area contributed by atoms with Crippen molar-refractivity contribution in [3.63, 3.8) is 0 Å². The summed E-state index contributed by atoms with van der Waals surface area (Å²) >= 11 is 5.96. The average Bonchev–Trinajstić information content (AvgIpc) is 3.33. The van der Waals surface area contributed by atoms with Crippen LogP contribution in [0.3, 0.4) is 0 Å². The molecule has 1 atom stereocenters. The molecule has 0 spiro atoms. The van der Waals surface area contributed by atoms with Crippen molar-refractivity contribution in [2.75, 3.05) is 12.1 Å². The average molecular weight is 398 g/mol. The van der Waals surface area contributed by atoms with Crippen molar-refractivity contribution in [2.24, 2.45) is 0 Å². The number of anilines is 1. The summed E-state index contributed by atoms with van der Waals surface area (Å²) in [7, 11) is 0. The maximum Gasteiger partial charge on any atom is 0.276 e. The Labute approximate surface area is 165 Å². The molecule has 2 aromatic carbocycles. The maximum atomic E-state index is 12.5. The number of nitrogens with zero attached hydrogens (tertiary/aromatic N) is 2. The highest BCUT2D eigenvalue weighted by atomic mass is 35.5. The van der Waals surface area contributed by atoms with E-state index < -0.39 is 0 Å². The van der Waals surface area contributed by atoms with E-state index in [-0.39, 0.29) is 18.8 Å². The third-order valence-electron chi connectivity index (χ3n) is 4.72. The van der Waals surface area contributed by atoms with Gasteiger partial charge >= 0.3 is 0 Å². The molecular weight excluding hydrogens is 382 g/mol. The van der Waals surface area contributed by atoms with E-state index in [1.165, 1.54) is 0 Å². The third kappa shape index (κ3) is 3.19. The molecule has 8 heteroatoms. The summed E-state index contributed by atoms with van der Waals surface area (Å²) in [4.78, 5) is 12.5. The molecule has 0 aliphatic carbocycles. The number of amides is 1. The molecule has 1 amide bonds. The van der Waals surface area contributed by atoms with Gasteiger partial charge in [0.25, 0.3) is 5.91 Å². The fourth-order valence-corrected chi connectivity index (χ4v) is 3.50. The van der Waals surface area contributed by atoms with Gasteiger partial charge in [-0.3, -0.25) is 9.48 Å². The lowest BCUT2D eigenvalue weighted by molar-refractivity contribution is -0.00127. The monoisotopic (exact) mass is 397 g/mol. The first-order valence-corrected chi connectivity index (χ1v) is 9.18. The van der Waals surface area contributed by atoms with Crippen molar-refractivity contribution in [1.29, 1.82) is 0 Å². The summed E-state index contributed by atoms with van der Waals surface area (Å²) in [6, 6.07) is 14.5. The molecule has 5 rings (SSSR count). The van der Waals surface area contributed by atoms with Gasteiger partial charge in [-0.25, -0.2) is 0 Å². The maximum absolute atomic E-state index is 12.5. The summed E-state index contributed by atoms with van der Waals surface area (Å²) in [5, 5.41) is 7.82. The second-order valence-electron chi connectivity index (χ2n) is 6.58. The van der Waals surface area contributed by atoms with Gasteiger partial charge in [0.15, 0.2) is 17.2 Å². The van der Waals surface area contributed by atoms with Gasteiger partial charge in [-0.1, -0.05) is 23.7 Å². The van der Waals surface area contributed by atoms with Gasteiger partial charge in [-0.05, 0) is 42.0 Å². The summed E-state index contributed by atoms with van der Waals surface area (Å²) < 4.78 is 18.6. The first-order chi connectivity index (χ1) is 13.7. The molecule has 1 aromatic heterocycles. The fraction of sp³-hybridized carbons (Fsp3) is 0.200. The number of carbonyl (C=O) groups is 1. The lowest BCUT2D eigenvalue weighted by Crippen LogP contribution is -2.22. The van der Waals surface area contributed by atoms with E-state index in [1.807, 2.05) is 22.9 Å². The van der Waals surface area contributed by atoms with Crippen LogP contribution < -0.4 is 14.8 Å². The van der Waals surface area contributed by atoms with Gasteiger partial charge in [-0.2, -0.15) is 5.10 Å². The number of carbonyl (C=O) groups excluding carboxylic acids is 1. The van der Waals surface area contributed by atoms with E-state index in [0.29, 0.717) is 35.3 Å². The van der Waals surface area contributed by atoms with E-state index in [1.54, 1.807) is 30.3 Å². The van der Waals surface area contributed by atoms with Crippen LogP contribution in [0.15, 0.2) is 48.5 Å². The van der Waals surface area contributed by atoms with E-state index in [9.17, 15) is 4.79 Å². The van der Waals surface area contributed by atoms with E-state index >= 15 is 0 Å². The minimum absolute atomic E-state index is 0.175. The van der Waals surface area contributed by atoms with Gasteiger partial charge in [0.1, 0.15) is 6.10 Å². The molecule has 3 aromatic rings. The quantitative estimate of drug-likeness (QED) is 0.727. The second kappa shape index (κ2) is 6.85. The van der Waals surface area contributed by atoms with Crippen LogP contribution in [0.25, 0.3) is 0 Å². The number of ether oxygens (including phenoxy) is 3. The number of halogens is 1. The Bertz CT molecular complexity index is 1070. The van der Waals surface area contributed by atoms with Crippen LogP contribution >= 0.6 is 11.6 Å². The minimum Gasteiger partial charge on any atom is -0.454 e. The number of rotatable bonds is 3. The standard InChI is InChI=1S/C20H16ClN3O4/c21-13-2-1-3-14(7-13)22-20(25)16-8-15-10-26-19(9-24(15)23-16)12-4-5-17-18(6-12)28-11-27-17/h1-8,19H,9-11H2,(H,22,25)/t19-/m0/s1. The Morgan fingerprint density at radius 1 is 1.14 bits per heavy atom. The van der Waals surface area contributed by atoms with Crippen LogP contribution in [-0.2, 0) is 17.9 Å². The molecular formula is C20H16ClN3O4. The molecule has 0 saturated heterocycles. The Kier molecular flexibility index (Phi) is 4.18. The van der Waals surface area contributed by atoms with Crippen LogP contribution in [0.4, 0.5) is 5.69 Å². The van der Waals surface area contributed by atoms with Gasteiger partial charge in [-0.15, -0.1) is 0 Å². The Hall–Kier alpha value is -3.03. The van der Waals surface area contributed by atoms with Crippen LogP contribution in [0.2, 0.25) is 5.02 Å². The molecule has 2 aliphatic heterocycles. The normalized spacial score (nSPS) is 17.2. The summed E-state index contributed by atoms with van der Waals surface area (Å²) in [5.74, 6) is 1.16. The topological polar surface area (TPSA) is 74.6 Å². The molecule has 28 heavy (non-hydrogen) atoms. The van der Waals surface area contributed by atoms with Crippen molar-refractivity contribution in [2.45, 2.75) is 19.3 Å². The molecule has 1 N–H and O–H groups in total. The Balaban J connectivity index is 1.33. The number of fused-ring (bicyclic) bond motifs is 2. The van der Waals surface area contributed by atoms with Crippen molar-refractivity contribution in [3.05, 3.63) is 70.5 Å². The largest absolute Gasteiger partial charge is 0.454 e. The van der Waals surface area contributed by atoms with Crippen LogP contribution in [0, 0.1) is 0 Å². The van der Waals surface area contributed by atoms with Gasteiger partial charge in [0, 0.05) is 10.7 Å². The highest BCUT2D eigenvalue weighted by molar-refractivity contribution is 6.30. The lowest BCUT2D eigenvalue weighted by atomic mass is 10.1. The first-order valence-electron chi connectivity index (χ1n) is 8.80. The molecule has 0 unspecified atom stereocenters. The molecule has 0 fully saturated rings. The number of benzene rings is 2. The summed E-state index contributed by atoms with van der Waals surface area (Å²) in [5.41, 5.74) is 2.80. The smallest absolute Gasteiger partial charge is 0.276 e. The number of nitrogens with one attached hydrogen (secondary N) is 1. The number of aromatic nitrogens is 2. The third-order valence-corrected chi connectivity index (χ3v) is 4.95. The SMILES string of the molecule is O=C(Nc1cccc(Cl)c1)c1cc2n(n1)C[C@@H](c1ccc3c(c1)OCO3)OC2. The molecule has 3 heterocycles. The van der Waals surface area contributed by atoms with E-state index in [4.69, 9.17) is 25.8 Å². The predicted molar refractivity (Wildman–Crippen MR) is 102 cm³/mol. The van der Waals surface area contributed by atoms with Crippen molar-refractivity contribution >= 4 is 23.2 Å². The zero-order valence-corrected chi connectivity index (χ0v) is 15.5. The molecule has 142 valence electrons. The van der Waals surface area contributed by atoms with Gasteiger partial charge in [0.05, 0.1) is 18.8 Å². The first kappa shape index (κ1) is 17.1. The van der Waals surface area contributed by atoms with Crippen LogP contribution in [-0.4, -0.2) is 22.5 Å². The molecule has 0 saturated carbocycles. The molecule has 7 nitrogen and oxygen atoms in total. The number of hydrogen-bond donors (Lipinski definition) is 1. The highest BCUT2D eigenvalue weighted by Gasteiger charge is 2.26. The van der Waals surface area contributed by atoms with Crippen LogP contribution in [0.1, 0.15) is 27.8 Å². The van der Waals surface area contributed by atoms with E-state index in [2.05, 4.69) is 10.4 Å². The van der Waals surface area contributed by atoms with E-state index in [0.717, 1.165) is 17.0 Å². The highest BCUT2D eigenvalue weighted by Crippen LogP contribution is 2.36. The Morgan fingerprint density at radius 2 is 2.04 bits per heavy atom. The van der Waals surface area contributed by atoms with Gasteiger partial charge < -0.3 is 19.5 Å². The second-order valence-corrected chi connectivity index (χ2v) is 7.02. The summed E-state index contributed by atoms with van der Waals surface area (Å²) in [6.07, 6.45) is -0.175. The Morgan fingerprint density at radius 3 is 2.93 bits per heavy atom. The van der Waals surface area contributed by atoms with Crippen molar-refractivity contribution in [3.8, 4) is 11.5 Å². The lowest BCUT2D eigenvalue weighted by Gasteiger charge is -2.24. The molecule has 2 aliphatic rings. The molecule has 0 bridgehead atoms. The molecule has 0 radical (unpaired) electrons. The van der Waals surface area contributed by atoms with Crippen molar-refractivity contribution < 1.29 is 19.0 Å². The van der Waals surface area contributed by atoms with Gasteiger partial charge in [0.2, 0.25) is 6.79 Å². The predicted octanol–water partition coefficient (Wildman–Crippen LogP) is 3.79. The summed E-state index contributed by atoms with van der Waals surface area (Å²) in [6.45, 7) is 1.12. The number of hydrogen-bond acceptors (Lipinski definition) is 5. The fourth-order valence-electron chi connectivity index (χ4n) is 3.31. The zero-order chi connectivity index (χ0) is 19.1.